The molecule has 0 amide bonds. The smallest absolute Gasteiger partial charge is 0.462 e. The van der Waals surface area contributed by atoms with Crippen LogP contribution in [0.15, 0.2) is 89.9 Å². The van der Waals surface area contributed by atoms with Crippen LogP contribution in [0.5, 0.6) is 0 Å². The summed E-state index contributed by atoms with van der Waals surface area (Å²) < 4.78 is 8.92. The van der Waals surface area contributed by atoms with Crippen LogP contribution < -0.4 is 62.0 Å². The van der Waals surface area contributed by atoms with Crippen LogP contribution in [0.4, 0.5) is 0 Å². The number of carbonyl (C=O) groups excluding carboxylic acids is 1. The first-order valence-electron chi connectivity index (χ1n) is 14.8. The van der Waals surface area contributed by atoms with Crippen molar-refractivity contribution in [3.63, 3.8) is 0 Å². The van der Waals surface area contributed by atoms with E-state index in [1.807, 2.05) is 47.0 Å². The third-order valence-electron chi connectivity index (χ3n) is 7.65. The SMILES string of the molecule is CCCCc1nc2ccn(Cc3ccccc3C(=O)OCC)c(=O)c2n1Cc1ccc(-c2ccccc2-c2nnn[n-]2)cc1.[K+]. The molecule has 0 bridgehead atoms. The zero-order chi connectivity index (χ0) is 30.5. The number of tetrazole rings is 1. The van der Waals surface area contributed by atoms with Crippen LogP contribution in [-0.2, 0) is 24.2 Å². The predicted octanol–water partition coefficient (Wildman–Crippen LogP) is 2.29. The molecule has 0 aliphatic heterocycles. The summed E-state index contributed by atoms with van der Waals surface area (Å²) in [6.45, 7) is 4.94. The summed E-state index contributed by atoms with van der Waals surface area (Å²) in [6.07, 6.45) is 4.50. The number of nitrogens with zero attached hydrogens (tertiary/aromatic N) is 7. The van der Waals surface area contributed by atoms with E-state index < -0.39 is 5.97 Å². The minimum absolute atomic E-state index is 0. The number of rotatable bonds is 11. The molecule has 0 spiro atoms. The molecule has 45 heavy (non-hydrogen) atoms. The van der Waals surface area contributed by atoms with Gasteiger partial charge in [0.1, 0.15) is 11.3 Å². The van der Waals surface area contributed by atoms with E-state index in [-0.39, 0.29) is 70.1 Å². The molecule has 10 nitrogen and oxygen atoms in total. The van der Waals surface area contributed by atoms with E-state index in [0.717, 1.165) is 52.9 Å². The van der Waals surface area contributed by atoms with E-state index >= 15 is 0 Å². The van der Waals surface area contributed by atoms with Crippen LogP contribution in [0.25, 0.3) is 33.5 Å². The van der Waals surface area contributed by atoms with Crippen molar-refractivity contribution < 1.29 is 60.9 Å². The zero-order valence-electron chi connectivity index (χ0n) is 25.7. The van der Waals surface area contributed by atoms with E-state index in [1.54, 1.807) is 29.8 Å². The van der Waals surface area contributed by atoms with E-state index in [0.29, 0.717) is 29.0 Å². The standard InChI is InChI=1S/C34H32N7O3.K/c1-3-5-14-30-35-29-19-20-40(22-25-10-6-7-12-27(25)34(43)44-4-2)33(42)31(29)41(30)21-23-15-17-24(18-16-23)26-11-8-9-13-28(26)32-36-38-39-37-32;/h6-13,15-20H,3-5,14,21-22H2,1-2H3;/q-1;+1. The summed E-state index contributed by atoms with van der Waals surface area (Å²) in [5, 5.41) is 15.3. The number of carbonyl (C=O) groups is 1. The molecule has 6 aromatic rings. The van der Waals surface area contributed by atoms with Crippen molar-refractivity contribution in [3.8, 4) is 22.5 Å². The maximum absolute atomic E-state index is 14.0. The Balaban J connectivity index is 0.00000400. The normalized spacial score (nSPS) is 11.0. The first kappa shape index (κ1) is 32.6. The summed E-state index contributed by atoms with van der Waals surface area (Å²) in [6, 6.07) is 25.3. The van der Waals surface area contributed by atoms with Crippen molar-refractivity contribution in [1.29, 1.82) is 0 Å². The van der Waals surface area contributed by atoms with Crippen LogP contribution in [0.1, 0.15) is 54.0 Å². The predicted molar refractivity (Wildman–Crippen MR) is 167 cm³/mol. The van der Waals surface area contributed by atoms with Gasteiger partial charge in [0.05, 0.1) is 24.2 Å². The van der Waals surface area contributed by atoms with Crippen molar-refractivity contribution in [2.45, 2.75) is 46.2 Å². The number of esters is 1. The largest absolute Gasteiger partial charge is 1.00 e. The Kier molecular flexibility index (Phi) is 10.9. The Morgan fingerprint density at radius 3 is 2.40 bits per heavy atom. The summed E-state index contributed by atoms with van der Waals surface area (Å²) >= 11 is 0. The Hall–Kier alpha value is -3.74. The van der Waals surface area contributed by atoms with Crippen LogP contribution >= 0.6 is 0 Å². The van der Waals surface area contributed by atoms with Gasteiger partial charge in [0, 0.05) is 25.0 Å². The molecule has 3 aromatic carbocycles. The minimum atomic E-state index is -0.397. The van der Waals surface area contributed by atoms with Crippen molar-refractivity contribution in [2.75, 3.05) is 6.61 Å². The van der Waals surface area contributed by atoms with Gasteiger partial charge in [-0.25, -0.2) is 9.78 Å². The van der Waals surface area contributed by atoms with E-state index in [4.69, 9.17) is 9.72 Å². The monoisotopic (exact) mass is 625 g/mol. The van der Waals surface area contributed by atoms with Crippen molar-refractivity contribution >= 4 is 17.0 Å². The van der Waals surface area contributed by atoms with Gasteiger partial charge in [-0.1, -0.05) is 80.1 Å². The molecule has 3 aromatic heterocycles. The Labute approximate surface area is 303 Å². The number of imidazole rings is 1. The fourth-order valence-corrected chi connectivity index (χ4v) is 5.45. The number of fused-ring (bicyclic) bond motifs is 1. The number of hydrogen-bond acceptors (Lipinski definition) is 7. The third kappa shape index (κ3) is 7.07. The molecule has 6 rings (SSSR count). The van der Waals surface area contributed by atoms with Gasteiger partial charge in [0.2, 0.25) is 0 Å². The molecule has 0 N–H and O–H groups in total. The molecule has 11 heteroatoms. The molecule has 0 fully saturated rings. The van der Waals surface area contributed by atoms with Crippen molar-refractivity contribution in [1.82, 2.24) is 34.7 Å². The number of pyridine rings is 1. The summed E-state index contributed by atoms with van der Waals surface area (Å²) in [5.74, 6) is 0.966. The van der Waals surface area contributed by atoms with Gasteiger partial charge in [0.25, 0.3) is 5.56 Å². The van der Waals surface area contributed by atoms with Crippen LogP contribution in [0.2, 0.25) is 0 Å². The van der Waals surface area contributed by atoms with E-state index in [1.165, 1.54) is 0 Å². The fourth-order valence-electron chi connectivity index (χ4n) is 5.45. The maximum Gasteiger partial charge on any atom is 1.00 e. The number of aryl methyl sites for hydroxylation is 1. The summed E-state index contributed by atoms with van der Waals surface area (Å²) in [4.78, 5) is 31.4. The van der Waals surface area contributed by atoms with Gasteiger partial charge in [-0.15, -0.1) is 0 Å². The average Bonchev–Trinajstić information content (AvgIpc) is 3.71. The number of unbranched alkanes of at least 4 members (excludes halogenated alkanes) is 1. The molecule has 0 unspecified atom stereocenters. The summed E-state index contributed by atoms with van der Waals surface area (Å²) in [7, 11) is 0. The zero-order valence-corrected chi connectivity index (χ0v) is 28.8. The van der Waals surface area contributed by atoms with Crippen LogP contribution in [-0.4, -0.2) is 42.2 Å². The molecule has 3 heterocycles. The van der Waals surface area contributed by atoms with Crippen molar-refractivity contribution in [3.05, 3.63) is 118 Å². The molecule has 0 aliphatic rings. The van der Waals surface area contributed by atoms with Gasteiger partial charge < -0.3 is 19.0 Å². The molecule has 0 atom stereocenters. The van der Waals surface area contributed by atoms with Gasteiger partial charge in [-0.3, -0.25) is 15.1 Å². The molecule has 0 radical (unpaired) electrons. The molecule has 0 saturated carbocycles. The first-order chi connectivity index (χ1) is 21.6. The molecule has 222 valence electrons. The minimum Gasteiger partial charge on any atom is -0.462 e. The van der Waals surface area contributed by atoms with Gasteiger partial charge in [-0.2, -0.15) is 5.21 Å². The topological polar surface area (TPSA) is 119 Å². The second-order valence-electron chi connectivity index (χ2n) is 10.5. The Bertz CT molecular complexity index is 1960. The Morgan fingerprint density at radius 1 is 0.911 bits per heavy atom. The molecule has 0 aliphatic carbocycles. The maximum atomic E-state index is 14.0. The summed E-state index contributed by atoms with van der Waals surface area (Å²) in [5.41, 5.74) is 6.13. The molecular formula is C34H32KN7O3. The second-order valence-corrected chi connectivity index (χ2v) is 10.5. The number of hydrogen-bond donors (Lipinski definition) is 0. The first-order valence-corrected chi connectivity index (χ1v) is 14.8. The number of ether oxygens (including phenoxy) is 1. The van der Waals surface area contributed by atoms with Gasteiger partial charge in [-0.05, 0) is 53.3 Å². The fraction of sp³-hybridized carbons (Fsp3) is 0.235. The molecular weight excluding hydrogens is 594 g/mol. The van der Waals surface area contributed by atoms with Crippen molar-refractivity contribution in [2.24, 2.45) is 0 Å². The quantitative estimate of drug-likeness (QED) is 0.159. The molecule has 0 saturated heterocycles. The number of aromatic nitrogens is 7. The Morgan fingerprint density at radius 2 is 1.67 bits per heavy atom. The van der Waals surface area contributed by atoms with E-state index in [2.05, 4.69) is 51.8 Å². The third-order valence-corrected chi connectivity index (χ3v) is 7.65. The van der Waals surface area contributed by atoms with E-state index in [9.17, 15) is 9.59 Å². The van der Waals surface area contributed by atoms with Crippen LogP contribution in [0.3, 0.4) is 0 Å². The average molecular weight is 626 g/mol. The second kappa shape index (κ2) is 15.0. The number of benzene rings is 3. The van der Waals surface area contributed by atoms with Crippen LogP contribution in [0, 0.1) is 0 Å². The van der Waals surface area contributed by atoms with Gasteiger partial charge in [0.15, 0.2) is 0 Å². The van der Waals surface area contributed by atoms with Gasteiger partial charge >= 0.3 is 57.4 Å².